The van der Waals surface area contributed by atoms with Crippen molar-refractivity contribution in [3.05, 3.63) is 33.8 Å². The van der Waals surface area contributed by atoms with Gasteiger partial charge in [0.1, 0.15) is 5.75 Å². The van der Waals surface area contributed by atoms with Crippen LogP contribution in [-0.2, 0) is 4.79 Å². The Morgan fingerprint density at radius 1 is 1.53 bits per heavy atom. The van der Waals surface area contributed by atoms with Crippen LogP contribution in [0, 0.1) is 6.92 Å². The molecule has 0 radical (unpaired) electrons. The molecule has 0 heterocycles. The van der Waals surface area contributed by atoms with E-state index >= 15 is 0 Å². The van der Waals surface area contributed by atoms with Gasteiger partial charge in [-0.15, -0.1) is 0 Å². The third-order valence-electron chi connectivity index (χ3n) is 1.96. The van der Waals surface area contributed by atoms with E-state index in [1.165, 1.54) is 6.08 Å². The zero-order chi connectivity index (χ0) is 11.4. The Kier molecular flexibility index (Phi) is 3.91. The van der Waals surface area contributed by atoms with Gasteiger partial charge in [-0.05, 0) is 40.6 Å². The summed E-state index contributed by atoms with van der Waals surface area (Å²) in [5.74, 6) is -0.330. The van der Waals surface area contributed by atoms with Crippen molar-refractivity contribution in [1.82, 2.24) is 0 Å². The summed E-state index contributed by atoms with van der Waals surface area (Å²) in [6.07, 6.45) is 2.62. The average molecular weight is 271 g/mol. The quantitative estimate of drug-likeness (QED) is 0.860. The van der Waals surface area contributed by atoms with Crippen LogP contribution in [0.3, 0.4) is 0 Å². The fourth-order valence-electron chi connectivity index (χ4n) is 1.24. The highest BCUT2D eigenvalue weighted by Gasteiger charge is 2.07. The maximum Gasteiger partial charge on any atom is 0.328 e. The zero-order valence-corrected chi connectivity index (χ0v) is 10.0. The third-order valence-corrected chi connectivity index (χ3v) is 2.59. The van der Waals surface area contributed by atoms with Crippen LogP contribution in [0.5, 0.6) is 5.75 Å². The van der Waals surface area contributed by atoms with Crippen LogP contribution < -0.4 is 4.74 Å². The standard InChI is InChI=1S/C11H11BrO3/c1-7-3-5-9(12)11(15-2)8(7)4-6-10(13)14/h3-6H,1-2H3,(H,13,14)/b6-4+. The van der Waals surface area contributed by atoms with Crippen molar-refractivity contribution >= 4 is 28.0 Å². The molecule has 0 saturated carbocycles. The molecule has 1 rings (SSSR count). The first kappa shape index (κ1) is 11.8. The lowest BCUT2D eigenvalue weighted by molar-refractivity contribution is -0.131. The second-order valence-electron chi connectivity index (χ2n) is 2.98. The van der Waals surface area contributed by atoms with E-state index in [1.807, 2.05) is 19.1 Å². The van der Waals surface area contributed by atoms with Gasteiger partial charge in [-0.3, -0.25) is 0 Å². The fraction of sp³-hybridized carbons (Fsp3) is 0.182. The van der Waals surface area contributed by atoms with Gasteiger partial charge >= 0.3 is 5.97 Å². The number of benzene rings is 1. The number of ether oxygens (including phenoxy) is 1. The van der Waals surface area contributed by atoms with Crippen molar-refractivity contribution in [3.8, 4) is 5.75 Å². The van der Waals surface area contributed by atoms with E-state index in [0.29, 0.717) is 5.75 Å². The number of aliphatic carboxylic acids is 1. The summed E-state index contributed by atoms with van der Waals surface area (Å²) in [6.45, 7) is 1.90. The molecule has 0 atom stereocenters. The van der Waals surface area contributed by atoms with Gasteiger partial charge in [-0.1, -0.05) is 6.07 Å². The maximum atomic E-state index is 10.4. The lowest BCUT2D eigenvalue weighted by Gasteiger charge is -2.09. The minimum absolute atomic E-state index is 0.646. The molecule has 3 nitrogen and oxygen atoms in total. The molecule has 0 fully saturated rings. The Bertz CT molecular complexity index is 411. The van der Waals surface area contributed by atoms with Gasteiger partial charge in [-0.25, -0.2) is 4.79 Å². The number of hydrogen-bond donors (Lipinski definition) is 1. The summed E-state index contributed by atoms with van der Waals surface area (Å²) in [5.41, 5.74) is 1.74. The van der Waals surface area contributed by atoms with E-state index in [0.717, 1.165) is 21.7 Å². The summed E-state index contributed by atoms with van der Waals surface area (Å²) < 4.78 is 6.00. The minimum atomic E-state index is -0.976. The molecule has 0 aliphatic carbocycles. The molecule has 0 aliphatic heterocycles. The number of methoxy groups -OCH3 is 1. The van der Waals surface area contributed by atoms with Crippen LogP contribution in [0.1, 0.15) is 11.1 Å². The number of aryl methyl sites for hydroxylation is 1. The highest BCUT2D eigenvalue weighted by atomic mass is 79.9. The van der Waals surface area contributed by atoms with Crippen molar-refractivity contribution in [1.29, 1.82) is 0 Å². The van der Waals surface area contributed by atoms with Gasteiger partial charge in [0, 0.05) is 11.6 Å². The van der Waals surface area contributed by atoms with Crippen molar-refractivity contribution in [3.63, 3.8) is 0 Å². The highest BCUT2D eigenvalue weighted by molar-refractivity contribution is 9.10. The summed E-state index contributed by atoms with van der Waals surface area (Å²) in [5, 5.41) is 8.56. The molecule has 0 saturated heterocycles. The number of carboxylic acid groups (broad SMARTS) is 1. The highest BCUT2D eigenvalue weighted by Crippen LogP contribution is 2.32. The Morgan fingerprint density at radius 2 is 2.20 bits per heavy atom. The number of rotatable bonds is 3. The molecule has 0 unspecified atom stereocenters. The molecule has 1 aromatic rings. The number of halogens is 1. The predicted molar refractivity (Wildman–Crippen MR) is 62.1 cm³/mol. The first-order valence-corrected chi connectivity index (χ1v) is 5.09. The van der Waals surface area contributed by atoms with E-state index in [2.05, 4.69) is 15.9 Å². The maximum absolute atomic E-state index is 10.4. The van der Waals surface area contributed by atoms with Crippen LogP contribution in [0.4, 0.5) is 0 Å². The van der Waals surface area contributed by atoms with Gasteiger partial charge in [-0.2, -0.15) is 0 Å². The molecule has 4 heteroatoms. The SMILES string of the molecule is COc1c(Br)ccc(C)c1/C=C/C(=O)O. The topological polar surface area (TPSA) is 46.5 Å². The van der Waals surface area contributed by atoms with E-state index < -0.39 is 5.97 Å². The van der Waals surface area contributed by atoms with Crippen molar-refractivity contribution < 1.29 is 14.6 Å². The number of carbonyl (C=O) groups is 1. The first-order chi connectivity index (χ1) is 7.06. The molecule has 0 amide bonds. The molecule has 1 aromatic carbocycles. The van der Waals surface area contributed by atoms with Crippen LogP contribution in [0.25, 0.3) is 6.08 Å². The van der Waals surface area contributed by atoms with Crippen molar-refractivity contribution in [2.24, 2.45) is 0 Å². The molecular formula is C11H11BrO3. The van der Waals surface area contributed by atoms with Gasteiger partial charge in [0.15, 0.2) is 0 Å². The smallest absolute Gasteiger partial charge is 0.328 e. The third kappa shape index (κ3) is 2.83. The molecular weight excluding hydrogens is 260 g/mol. The Labute approximate surface area is 96.5 Å². The van der Waals surface area contributed by atoms with Crippen LogP contribution in [0.2, 0.25) is 0 Å². The van der Waals surface area contributed by atoms with Crippen molar-refractivity contribution in [2.75, 3.05) is 7.11 Å². The second kappa shape index (κ2) is 4.98. The molecule has 15 heavy (non-hydrogen) atoms. The lowest BCUT2D eigenvalue weighted by atomic mass is 10.1. The van der Waals surface area contributed by atoms with E-state index in [9.17, 15) is 4.79 Å². The fourth-order valence-corrected chi connectivity index (χ4v) is 1.75. The predicted octanol–water partition coefficient (Wildman–Crippen LogP) is 2.86. The lowest BCUT2D eigenvalue weighted by Crippen LogP contribution is -1.93. The zero-order valence-electron chi connectivity index (χ0n) is 8.45. The van der Waals surface area contributed by atoms with Crippen LogP contribution in [0.15, 0.2) is 22.7 Å². The molecule has 0 aliphatic rings. The summed E-state index contributed by atoms with van der Waals surface area (Å²) in [7, 11) is 1.55. The summed E-state index contributed by atoms with van der Waals surface area (Å²) in [6, 6.07) is 3.76. The molecule has 80 valence electrons. The van der Waals surface area contributed by atoms with E-state index in [1.54, 1.807) is 7.11 Å². The number of hydrogen-bond acceptors (Lipinski definition) is 2. The average Bonchev–Trinajstić information content (AvgIpc) is 2.19. The molecule has 0 aromatic heterocycles. The largest absolute Gasteiger partial charge is 0.495 e. The van der Waals surface area contributed by atoms with Gasteiger partial charge in [0.25, 0.3) is 0 Å². The first-order valence-electron chi connectivity index (χ1n) is 4.30. The van der Waals surface area contributed by atoms with Gasteiger partial charge in [0.2, 0.25) is 0 Å². The monoisotopic (exact) mass is 270 g/mol. The Balaban J connectivity index is 3.25. The summed E-state index contributed by atoms with van der Waals surface area (Å²) in [4.78, 5) is 10.4. The molecule has 0 bridgehead atoms. The van der Waals surface area contributed by atoms with E-state index in [-0.39, 0.29) is 0 Å². The van der Waals surface area contributed by atoms with Crippen molar-refractivity contribution in [2.45, 2.75) is 6.92 Å². The summed E-state index contributed by atoms with van der Waals surface area (Å²) >= 11 is 3.34. The second-order valence-corrected chi connectivity index (χ2v) is 3.84. The van der Waals surface area contributed by atoms with Gasteiger partial charge < -0.3 is 9.84 Å². The van der Waals surface area contributed by atoms with Gasteiger partial charge in [0.05, 0.1) is 11.6 Å². The van der Waals surface area contributed by atoms with Crippen LogP contribution in [-0.4, -0.2) is 18.2 Å². The Hall–Kier alpha value is -1.29. The number of carboxylic acids is 1. The minimum Gasteiger partial charge on any atom is -0.495 e. The molecule has 0 spiro atoms. The Morgan fingerprint density at radius 3 is 2.73 bits per heavy atom. The normalized spacial score (nSPS) is 10.6. The molecule has 1 N–H and O–H groups in total. The van der Waals surface area contributed by atoms with E-state index in [4.69, 9.17) is 9.84 Å². The van der Waals surface area contributed by atoms with Crippen LogP contribution >= 0.6 is 15.9 Å².